The van der Waals surface area contributed by atoms with Gasteiger partial charge in [-0.15, -0.1) is 0 Å². The molecule has 0 radical (unpaired) electrons. The molecule has 2 heterocycles. The third-order valence-corrected chi connectivity index (χ3v) is 11.3. The van der Waals surface area contributed by atoms with Crippen LogP contribution in [0, 0.1) is 0 Å². The van der Waals surface area contributed by atoms with Gasteiger partial charge in [-0.1, -0.05) is 135 Å². The molecule has 0 amide bonds. The van der Waals surface area contributed by atoms with Gasteiger partial charge in [0.25, 0.3) is 0 Å². The van der Waals surface area contributed by atoms with Gasteiger partial charge in [0, 0.05) is 38.3 Å². The number of benzene rings is 8. The van der Waals surface area contributed by atoms with Crippen molar-refractivity contribution in [1.82, 2.24) is 9.13 Å². The van der Waals surface area contributed by atoms with Gasteiger partial charge in [0.15, 0.2) is 0 Å². The van der Waals surface area contributed by atoms with E-state index >= 15 is 0 Å². The molecule has 250 valence electrons. The van der Waals surface area contributed by atoms with Gasteiger partial charge in [-0.2, -0.15) is 0 Å². The van der Waals surface area contributed by atoms with Gasteiger partial charge in [-0.25, -0.2) is 0 Å². The molecule has 0 unspecified atom stereocenters. The summed E-state index contributed by atoms with van der Waals surface area (Å²) >= 11 is 0. The van der Waals surface area contributed by atoms with Crippen LogP contribution in [-0.2, 0) is 5.41 Å². The summed E-state index contributed by atoms with van der Waals surface area (Å²) in [5.74, 6) is 0. The number of nitrogens with zero attached hydrogens (tertiary/aromatic N) is 2. The van der Waals surface area contributed by atoms with E-state index in [4.69, 9.17) is 8.22 Å². The van der Waals surface area contributed by atoms with Crippen LogP contribution in [0.5, 0.6) is 0 Å². The van der Waals surface area contributed by atoms with Gasteiger partial charge in [-0.3, -0.25) is 0 Å². The SMILES string of the molecule is [2H]c1c([2H])c([2H])c(-c2cccc3c2-c2cc(-n4c5ccccc5c5cc(-c6ccc7c(c6)c6cccc([2H])c6n7-c6ccccc6)ccc54)ccc2C3(C)C)c([2H])c1[2H]. The van der Waals surface area contributed by atoms with Crippen LogP contribution in [0.2, 0.25) is 0 Å². The fourth-order valence-corrected chi connectivity index (χ4v) is 8.88. The highest BCUT2D eigenvalue weighted by Gasteiger charge is 2.37. The van der Waals surface area contributed by atoms with E-state index in [0.29, 0.717) is 11.6 Å². The molecule has 53 heavy (non-hydrogen) atoms. The second-order valence-electron chi connectivity index (χ2n) is 14.5. The monoisotopic (exact) mass is 682 g/mol. The lowest BCUT2D eigenvalue weighted by Crippen LogP contribution is -2.15. The Morgan fingerprint density at radius 3 is 1.81 bits per heavy atom. The smallest absolute Gasteiger partial charge is 0.0645 e. The Kier molecular flexibility index (Phi) is 5.17. The van der Waals surface area contributed by atoms with Gasteiger partial charge >= 0.3 is 0 Å². The molecule has 0 atom stereocenters. The molecule has 0 saturated heterocycles. The summed E-state index contributed by atoms with van der Waals surface area (Å²) in [4.78, 5) is 0. The quantitative estimate of drug-likeness (QED) is 0.175. The highest BCUT2D eigenvalue weighted by atomic mass is 15.0. The Morgan fingerprint density at radius 1 is 0.415 bits per heavy atom. The van der Waals surface area contributed by atoms with Crippen molar-refractivity contribution in [2.24, 2.45) is 0 Å². The number of para-hydroxylation sites is 3. The summed E-state index contributed by atoms with van der Waals surface area (Å²) in [6.45, 7) is 4.38. The number of rotatable bonds is 4. The second kappa shape index (κ2) is 11.2. The first kappa shape index (κ1) is 24.5. The van der Waals surface area contributed by atoms with Crippen LogP contribution >= 0.6 is 0 Å². The van der Waals surface area contributed by atoms with E-state index in [-0.39, 0.29) is 35.1 Å². The Labute approximate surface area is 317 Å². The predicted octanol–water partition coefficient (Wildman–Crippen LogP) is 13.5. The summed E-state index contributed by atoms with van der Waals surface area (Å²) in [6.07, 6.45) is 0. The fourth-order valence-electron chi connectivity index (χ4n) is 8.88. The maximum Gasteiger partial charge on any atom is 0.0645 e. The normalized spacial score (nSPS) is 14.8. The van der Waals surface area contributed by atoms with Crippen LogP contribution in [-0.4, -0.2) is 9.13 Å². The molecule has 0 fully saturated rings. The van der Waals surface area contributed by atoms with E-state index in [1.54, 1.807) is 0 Å². The molecule has 10 aromatic rings. The van der Waals surface area contributed by atoms with E-state index in [0.717, 1.165) is 88.4 Å². The average Bonchev–Trinajstić information content (AvgIpc) is 3.86. The first-order valence-corrected chi connectivity index (χ1v) is 18.0. The second-order valence-corrected chi connectivity index (χ2v) is 14.5. The number of aromatic nitrogens is 2. The molecular weight excluding hydrogens is 641 g/mol. The standard InChI is InChI=1S/C51H36N2/c1-51(2)44-27-26-37(32-43(44)50-38(20-13-21-45(50)51)33-14-5-3-6-15-33)53-47-23-12-10-19-40(47)42-31-35(25-29-49(42)53)34-24-28-48-41(30-34)39-18-9-11-22-46(39)52(48)36-16-7-4-8-17-36/h3-32H,1-2H3/i3D,5D,6D,14D,15D,22D. The van der Waals surface area contributed by atoms with Crippen molar-refractivity contribution >= 4 is 43.6 Å². The van der Waals surface area contributed by atoms with Gasteiger partial charge in [0.1, 0.15) is 0 Å². The third-order valence-electron chi connectivity index (χ3n) is 11.3. The lowest BCUT2D eigenvalue weighted by molar-refractivity contribution is 0.660. The zero-order chi connectivity index (χ0) is 40.5. The highest BCUT2D eigenvalue weighted by Crippen LogP contribution is 2.53. The molecule has 0 aliphatic heterocycles. The molecule has 2 aromatic heterocycles. The zero-order valence-corrected chi connectivity index (χ0v) is 29.3. The topological polar surface area (TPSA) is 9.86 Å². The molecule has 0 bridgehead atoms. The fraction of sp³-hybridized carbons (Fsp3) is 0.0588. The zero-order valence-electron chi connectivity index (χ0n) is 35.3. The minimum atomic E-state index is -0.396. The molecule has 1 aliphatic rings. The Hall–Kier alpha value is -6.64. The molecule has 2 heteroatoms. The van der Waals surface area contributed by atoms with Crippen molar-refractivity contribution in [3.63, 3.8) is 0 Å². The number of hydrogen-bond acceptors (Lipinski definition) is 0. The lowest BCUT2D eigenvalue weighted by atomic mass is 9.82. The molecule has 0 saturated carbocycles. The first-order valence-electron chi connectivity index (χ1n) is 21.0. The molecule has 0 spiro atoms. The van der Waals surface area contributed by atoms with Crippen LogP contribution in [0.3, 0.4) is 0 Å². The molecule has 1 aliphatic carbocycles. The van der Waals surface area contributed by atoms with Gasteiger partial charge < -0.3 is 9.13 Å². The Morgan fingerprint density at radius 2 is 1.06 bits per heavy atom. The maximum atomic E-state index is 8.87. The van der Waals surface area contributed by atoms with E-state index in [1.165, 1.54) is 0 Å². The van der Waals surface area contributed by atoms with Gasteiger partial charge in [-0.05, 0) is 105 Å². The summed E-state index contributed by atoms with van der Waals surface area (Å²) in [6, 6.07) is 49.4. The molecule has 0 N–H and O–H groups in total. The minimum Gasteiger partial charge on any atom is -0.309 e. The summed E-state index contributed by atoms with van der Waals surface area (Å²) < 4.78 is 56.2. The molecule has 2 nitrogen and oxygen atoms in total. The van der Waals surface area contributed by atoms with Crippen LogP contribution in [0.15, 0.2) is 182 Å². The van der Waals surface area contributed by atoms with Gasteiger partial charge in [0.05, 0.1) is 30.3 Å². The van der Waals surface area contributed by atoms with E-state index in [9.17, 15) is 0 Å². The Bertz CT molecular complexity index is 3400. The first-order chi connectivity index (χ1) is 28.5. The van der Waals surface area contributed by atoms with Crippen LogP contribution in [0.1, 0.15) is 33.2 Å². The average molecular weight is 683 g/mol. The third kappa shape index (κ3) is 4.33. The van der Waals surface area contributed by atoms with Crippen LogP contribution in [0.4, 0.5) is 0 Å². The maximum absolute atomic E-state index is 8.87. The van der Waals surface area contributed by atoms with Crippen molar-refractivity contribution in [3.8, 4) is 44.8 Å². The van der Waals surface area contributed by atoms with E-state index < -0.39 is 6.04 Å². The molecule has 8 aromatic carbocycles. The minimum absolute atomic E-state index is 0.202. The summed E-state index contributed by atoms with van der Waals surface area (Å²) in [5, 5.41) is 4.40. The lowest BCUT2D eigenvalue weighted by Gasteiger charge is -2.22. The Balaban J connectivity index is 1.09. The van der Waals surface area contributed by atoms with Crippen molar-refractivity contribution in [1.29, 1.82) is 0 Å². The number of hydrogen-bond donors (Lipinski definition) is 0. The highest BCUT2D eigenvalue weighted by molar-refractivity contribution is 6.13. The number of fused-ring (bicyclic) bond motifs is 9. The van der Waals surface area contributed by atoms with Crippen LogP contribution < -0.4 is 0 Å². The predicted molar refractivity (Wildman–Crippen MR) is 224 cm³/mol. The summed E-state index contributed by atoms with van der Waals surface area (Å²) in [7, 11) is 0. The van der Waals surface area contributed by atoms with Crippen LogP contribution in [0.25, 0.3) is 88.4 Å². The molecule has 11 rings (SSSR count). The van der Waals surface area contributed by atoms with Gasteiger partial charge in [0.2, 0.25) is 0 Å². The van der Waals surface area contributed by atoms with Crippen molar-refractivity contribution in [2.45, 2.75) is 19.3 Å². The van der Waals surface area contributed by atoms with E-state index in [1.807, 2.05) is 42.5 Å². The largest absolute Gasteiger partial charge is 0.309 e. The summed E-state index contributed by atoms with van der Waals surface area (Å²) in [5.41, 5.74) is 12.8. The van der Waals surface area contributed by atoms with Crippen molar-refractivity contribution in [2.75, 3.05) is 0 Å². The van der Waals surface area contributed by atoms with E-state index in [2.05, 4.69) is 126 Å². The molecular formula is C51H36N2. The van der Waals surface area contributed by atoms with Crippen molar-refractivity contribution in [3.05, 3.63) is 193 Å². The van der Waals surface area contributed by atoms with Crippen molar-refractivity contribution < 1.29 is 8.22 Å².